The van der Waals surface area contributed by atoms with E-state index in [4.69, 9.17) is 4.74 Å². The minimum Gasteiger partial charge on any atom is -0.385 e. The van der Waals surface area contributed by atoms with Crippen LogP contribution in [0, 0.1) is 0 Å². The van der Waals surface area contributed by atoms with E-state index in [9.17, 15) is 4.79 Å². The van der Waals surface area contributed by atoms with E-state index in [1.807, 2.05) is 17.5 Å². The molecule has 0 N–H and O–H groups in total. The number of hydrogen-bond acceptors (Lipinski definition) is 3. The number of Topliss-reactive ketones (excluding diaryl/α,β-unsaturated/α-hetero) is 1. The van der Waals surface area contributed by atoms with Crippen molar-refractivity contribution in [2.45, 2.75) is 12.8 Å². The minimum atomic E-state index is 0.224. The van der Waals surface area contributed by atoms with E-state index in [0.717, 1.165) is 11.3 Å². The number of thiophene rings is 1. The summed E-state index contributed by atoms with van der Waals surface area (Å²) >= 11 is 1.50. The summed E-state index contributed by atoms with van der Waals surface area (Å²) in [5, 5.41) is 1.92. The fourth-order valence-electron chi connectivity index (χ4n) is 0.937. The first-order chi connectivity index (χ1) is 5.84. The lowest BCUT2D eigenvalue weighted by Gasteiger charge is -1.96. The van der Waals surface area contributed by atoms with E-state index in [1.165, 1.54) is 11.3 Å². The zero-order valence-corrected chi connectivity index (χ0v) is 7.89. The Morgan fingerprint density at radius 1 is 1.67 bits per heavy atom. The van der Waals surface area contributed by atoms with Crippen molar-refractivity contribution < 1.29 is 9.53 Å². The van der Waals surface area contributed by atoms with Gasteiger partial charge in [-0.15, -0.1) is 11.3 Å². The van der Waals surface area contributed by atoms with Crippen molar-refractivity contribution in [1.82, 2.24) is 0 Å². The molecule has 0 aliphatic rings. The Morgan fingerprint density at radius 2 is 2.50 bits per heavy atom. The van der Waals surface area contributed by atoms with Crippen LogP contribution in [0.1, 0.15) is 22.5 Å². The Morgan fingerprint density at radius 3 is 3.08 bits per heavy atom. The molecule has 66 valence electrons. The van der Waals surface area contributed by atoms with Gasteiger partial charge in [0.25, 0.3) is 0 Å². The lowest BCUT2D eigenvalue weighted by molar-refractivity contribution is 0.0967. The molecule has 0 saturated heterocycles. The van der Waals surface area contributed by atoms with Gasteiger partial charge >= 0.3 is 0 Å². The third-order valence-electron chi connectivity index (χ3n) is 1.55. The van der Waals surface area contributed by atoms with Crippen LogP contribution in [0.5, 0.6) is 0 Å². The second-order valence-corrected chi connectivity index (χ2v) is 3.44. The zero-order valence-electron chi connectivity index (χ0n) is 7.08. The maximum absolute atomic E-state index is 11.3. The molecular weight excluding hydrogens is 172 g/mol. The molecule has 12 heavy (non-hydrogen) atoms. The molecule has 0 bridgehead atoms. The number of hydrogen-bond donors (Lipinski definition) is 0. The smallest absolute Gasteiger partial charge is 0.172 e. The molecule has 0 atom stereocenters. The van der Waals surface area contributed by atoms with Crippen molar-refractivity contribution >= 4 is 17.1 Å². The van der Waals surface area contributed by atoms with Gasteiger partial charge in [-0.05, 0) is 17.9 Å². The second kappa shape index (κ2) is 5.06. The van der Waals surface area contributed by atoms with E-state index in [1.54, 1.807) is 7.11 Å². The topological polar surface area (TPSA) is 26.3 Å². The molecule has 0 aromatic carbocycles. The van der Waals surface area contributed by atoms with Gasteiger partial charge in [-0.2, -0.15) is 0 Å². The van der Waals surface area contributed by atoms with Gasteiger partial charge in [-0.25, -0.2) is 0 Å². The average Bonchev–Trinajstić information content (AvgIpc) is 2.56. The highest BCUT2D eigenvalue weighted by molar-refractivity contribution is 7.12. The largest absolute Gasteiger partial charge is 0.385 e. The molecule has 0 aliphatic heterocycles. The zero-order chi connectivity index (χ0) is 8.81. The third kappa shape index (κ3) is 2.75. The van der Waals surface area contributed by atoms with Gasteiger partial charge in [0.1, 0.15) is 0 Å². The Balaban J connectivity index is 2.30. The van der Waals surface area contributed by atoms with Crippen LogP contribution in [0.15, 0.2) is 17.5 Å². The monoisotopic (exact) mass is 184 g/mol. The SMILES string of the molecule is COCCCC(=O)c1cccs1. The second-order valence-electron chi connectivity index (χ2n) is 2.50. The maximum Gasteiger partial charge on any atom is 0.172 e. The highest BCUT2D eigenvalue weighted by Crippen LogP contribution is 2.11. The summed E-state index contributed by atoms with van der Waals surface area (Å²) in [6.45, 7) is 0.664. The van der Waals surface area contributed by atoms with Gasteiger partial charge in [0.2, 0.25) is 0 Å². The van der Waals surface area contributed by atoms with Gasteiger partial charge < -0.3 is 4.74 Å². The van der Waals surface area contributed by atoms with Crippen LogP contribution >= 0.6 is 11.3 Å². The van der Waals surface area contributed by atoms with Gasteiger partial charge in [-0.3, -0.25) is 4.79 Å². The Hall–Kier alpha value is -0.670. The van der Waals surface area contributed by atoms with Crippen molar-refractivity contribution in [2.24, 2.45) is 0 Å². The average molecular weight is 184 g/mol. The quantitative estimate of drug-likeness (QED) is 0.518. The summed E-state index contributed by atoms with van der Waals surface area (Å²) in [6.07, 6.45) is 1.40. The standard InChI is InChI=1S/C9H12O2S/c1-11-6-2-4-8(10)9-5-3-7-12-9/h3,5,7H,2,4,6H2,1H3. The van der Waals surface area contributed by atoms with E-state index in [0.29, 0.717) is 13.0 Å². The van der Waals surface area contributed by atoms with Crippen LogP contribution < -0.4 is 0 Å². The first-order valence-electron chi connectivity index (χ1n) is 3.90. The third-order valence-corrected chi connectivity index (χ3v) is 2.46. The fraction of sp³-hybridized carbons (Fsp3) is 0.444. The number of ketones is 1. The molecule has 0 unspecified atom stereocenters. The number of carbonyl (C=O) groups is 1. The highest BCUT2D eigenvalue weighted by Gasteiger charge is 2.04. The van der Waals surface area contributed by atoms with E-state index >= 15 is 0 Å². The van der Waals surface area contributed by atoms with E-state index in [2.05, 4.69) is 0 Å². The van der Waals surface area contributed by atoms with Crippen molar-refractivity contribution in [2.75, 3.05) is 13.7 Å². The summed E-state index contributed by atoms with van der Waals surface area (Å²) in [4.78, 5) is 12.2. The number of carbonyl (C=O) groups excluding carboxylic acids is 1. The molecule has 1 rings (SSSR count). The molecule has 1 aromatic rings. The summed E-state index contributed by atoms with van der Waals surface area (Å²) in [5.41, 5.74) is 0. The molecule has 1 heterocycles. The molecular formula is C9H12O2S. The van der Waals surface area contributed by atoms with Crippen LogP contribution in [0.2, 0.25) is 0 Å². The predicted octanol–water partition coefficient (Wildman–Crippen LogP) is 2.36. The number of methoxy groups -OCH3 is 1. The molecule has 3 heteroatoms. The van der Waals surface area contributed by atoms with Gasteiger partial charge in [0.05, 0.1) is 4.88 Å². The Bertz CT molecular complexity index is 229. The van der Waals surface area contributed by atoms with Crippen LogP contribution in [-0.4, -0.2) is 19.5 Å². The van der Waals surface area contributed by atoms with Crippen LogP contribution in [-0.2, 0) is 4.74 Å². The molecule has 1 aromatic heterocycles. The molecule has 0 amide bonds. The maximum atomic E-state index is 11.3. The van der Waals surface area contributed by atoms with Crippen molar-refractivity contribution in [1.29, 1.82) is 0 Å². The molecule has 0 fully saturated rings. The van der Waals surface area contributed by atoms with Crippen molar-refractivity contribution in [3.63, 3.8) is 0 Å². The molecule has 2 nitrogen and oxygen atoms in total. The molecule has 0 aliphatic carbocycles. The summed E-state index contributed by atoms with van der Waals surface area (Å²) in [7, 11) is 1.65. The summed E-state index contributed by atoms with van der Waals surface area (Å²) in [5.74, 6) is 0.224. The number of rotatable bonds is 5. The molecule has 0 radical (unpaired) electrons. The number of ether oxygens (including phenoxy) is 1. The minimum absolute atomic E-state index is 0.224. The van der Waals surface area contributed by atoms with Gasteiger partial charge in [0.15, 0.2) is 5.78 Å². The van der Waals surface area contributed by atoms with Gasteiger partial charge in [0, 0.05) is 20.1 Å². The summed E-state index contributed by atoms with van der Waals surface area (Å²) < 4.78 is 4.86. The lowest BCUT2D eigenvalue weighted by Crippen LogP contribution is -1.98. The van der Waals surface area contributed by atoms with Crippen LogP contribution in [0.25, 0.3) is 0 Å². The predicted molar refractivity (Wildman–Crippen MR) is 49.8 cm³/mol. The van der Waals surface area contributed by atoms with Crippen LogP contribution in [0.4, 0.5) is 0 Å². The highest BCUT2D eigenvalue weighted by atomic mass is 32.1. The van der Waals surface area contributed by atoms with Gasteiger partial charge in [-0.1, -0.05) is 6.07 Å². The normalized spacial score (nSPS) is 10.1. The lowest BCUT2D eigenvalue weighted by atomic mass is 10.2. The van der Waals surface area contributed by atoms with Crippen LogP contribution in [0.3, 0.4) is 0 Å². The van der Waals surface area contributed by atoms with Crippen molar-refractivity contribution in [3.05, 3.63) is 22.4 Å². The van der Waals surface area contributed by atoms with Crippen molar-refractivity contribution in [3.8, 4) is 0 Å². The Kier molecular flexibility index (Phi) is 3.97. The molecule has 0 spiro atoms. The molecule has 0 saturated carbocycles. The fourth-order valence-corrected chi connectivity index (χ4v) is 1.63. The summed E-state index contributed by atoms with van der Waals surface area (Å²) in [6, 6.07) is 3.76. The first-order valence-corrected chi connectivity index (χ1v) is 4.78. The Labute approximate surface area is 76.2 Å². The first kappa shape index (κ1) is 9.42. The van der Waals surface area contributed by atoms with E-state index < -0.39 is 0 Å². The van der Waals surface area contributed by atoms with E-state index in [-0.39, 0.29) is 5.78 Å².